The molecule has 3 nitrogen and oxygen atoms in total. The first-order valence-corrected chi connectivity index (χ1v) is 7.59. The number of ether oxygens (including phenoxy) is 1. The lowest BCUT2D eigenvalue weighted by Crippen LogP contribution is -1.99. The number of esters is 2. The lowest BCUT2D eigenvalue weighted by molar-refractivity contribution is 0.0444. The van der Waals surface area contributed by atoms with Crippen LogP contribution in [0.3, 0.4) is 0 Å². The fourth-order valence-electron chi connectivity index (χ4n) is 2.85. The van der Waals surface area contributed by atoms with Crippen LogP contribution in [0.5, 0.6) is 0 Å². The SMILES string of the molecule is O=C1OC(=O)c2c1cc1ccc(Cl)cc1c2-c1ccc(Cl)cc1. The van der Waals surface area contributed by atoms with E-state index in [4.69, 9.17) is 27.9 Å². The van der Waals surface area contributed by atoms with Gasteiger partial charge >= 0.3 is 11.9 Å². The third-order valence-electron chi connectivity index (χ3n) is 3.85. The van der Waals surface area contributed by atoms with Crippen molar-refractivity contribution in [3.63, 3.8) is 0 Å². The minimum Gasteiger partial charge on any atom is -0.386 e. The maximum Gasteiger partial charge on any atom is 0.347 e. The van der Waals surface area contributed by atoms with E-state index in [0.717, 1.165) is 16.3 Å². The molecule has 0 atom stereocenters. The molecule has 0 unspecified atom stereocenters. The minimum absolute atomic E-state index is 0.270. The summed E-state index contributed by atoms with van der Waals surface area (Å²) in [5.74, 6) is -1.27. The zero-order valence-corrected chi connectivity index (χ0v) is 13.1. The van der Waals surface area contributed by atoms with Gasteiger partial charge in [0.15, 0.2) is 0 Å². The molecular weight excluding hydrogens is 335 g/mol. The van der Waals surface area contributed by atoms with Gasteiger partial charge in [-0.25, -0.2) is 9.59 Å². The van der Waals surface area contributed by atoms with Crippen LogP contribution in [0.2, 0.25) is 10.0 Å². The van der Waals surface area contributed by atoms with Gasteiger partial charge in [0.2, 0.25) is 0 Å². The average Bonchev–Trinajstić information content (AvgIpc) is 2.81. The monoisotopic (exact) mass is 342 g/mol. The summed E-state index contributed by atoms with van der Waals surface area (Å²) in [7, 11) is 0. The number of fused-ring (bicyclic) bond motifs is 2. The fourth-order valence-corrected chi connectivity index (χ4v) is 3.15. The van der Waals surface area contributed by atoms with Crippen molar-refractivity contribution in [2.45, 2.75) is 0 Å². The van der Waals surface area contributed by atoms with Gasteiger partial charge in [0, 0.05) is 15.6 Å². The number of hydrogen-bond donors (Lipinski definition) is 0. The highest BCUT2D eigenvalue weighted by Crippen LogP contribution is 2.39. The maximum absolute atomic E-state index is 12.2. The van der Waals surface area contributed by atoms with Gasteiger partial charge in [0.05, 0.1) is 11.1 Å². The predicted octanol–water partition coefficient (Wildman–Crippen LogP) is 5.12. The Morgan fingerprint density at radius 3 is 2.17 bits per heavy atom. The molecule has 0 spiro atoms. The van der Waals surface area contributed by atoms with Crippen LogP contribution in [-0.2, 0) is 4.74 Å². The second-order valence-electron chi connectivity index (χ2n) is 5.22. The molecule has 0 N–H and O–H groups in total. The number of carbonyl (C=O) groups excluding carboxylic acids is 2. The number of carbonyl (C=O) groups is 2. The second-order valence-corrected chi connectivity index (χ2v) is 6.10. The summed E-state index contributed by atoms with van der Waals surface area (Å²) in [6, 6.07) is 14.1. The molecule has 0 saturated heterocycles. The Kier molecular flexibility index (Phi) is 3.15. The van der Waals surface area contributed by atoms with Gasteiger partial charge in [0.25, 0.3) is 0 Å². The normalized spacial score (nSPS) is 13.3. The van der Waals surface area contributed by atoms with Crippen LogP contribution in [0.1, 0.15) is 20.7 Å². The van der Waals surface area contributed by atoms with Crippen LogP contribution in [0, 0.1) is 0 Å². The Bertz CT molecular complexity index is 991. The molecule has 0 radical (unpaired) electrons. The highest BCUT2D eigenvalue weighted by atomic mass is 35.5. The third kappa shape index (κ3) is 2.21. The summed E-state index contributed by atoms with van der Waals surface area (Å²) in [4.78, 5) is 24.1. The quantitative estimate of drug-likeness (QED) is 0.455. The highest BCUT2D eigenvalue weighted by molar-refractivity contribution is 6.32. The van der Waals surface area contributed by atoms with Crippen LogP contribution in [0.15, 0.2) is 48.5 Å². The van der Waals surface area contributed by atoms with Crippen molar-refractivity contribution in [1.82, 2.24) is 0 Å². The molecule has 23 heavy (non-hydrogen) atoms. The zero-order valence-electron chi connectivity index (χ0n) is 11.6. The number of rotatable bonds is 1. The molecule has 1 aliphatic heterocycles. The lowest BCUT2D eigenvalue weighted by Gasteiger charge is -2.11. The molecule has 1 aliphatic rings. The van der Waals surface area contributed by atoms with Gasteiger partial charge in [-0.15, -0.1) is 0 Å². The van der Waals surface area contributed by atoms with Gasteiger partial charge in [-0.05, 0) is 46.7 Å². The van der Waals surface area contributed by atoms with E-state index >= 15 is 0 Å². The molecule has 3 aromatic rings. The van der Waals surface area contributed by atoms with Gasteiger partial charge in [-0.1, -0.05) is 41.4 Å². The second kappa shape index (κ2) is 5.08. The zero-order chi connectivity index (χ0) is 16.1. The number of cyclic esters (lactones) is 2. The molecule has 3 aromatic carbocycles. The van der Waals surface area contributed by atoms with Gasteiger partial charge < -0.3 is 4.74 Å². The summed E-state index contributed by atoms with van der Waals surface area (Å²) < 4.78 is 4.78. The largest absolute Gasteiger partial charge is 0.386 e. The molecule has 5 heteroatoms. The Hall–Kier alpha value is -2.36. The topological polar surface area (TPSA) is 43.4 Å². The molecule has 1 heterocycles. The van der Waals surface area contributed by atoms with E-state index in [9.17, 15) is 9.59 Å². The number of hydrogen-bond acceptors (Lipinski definition) is 3. The summed E-state index contributed by atoms with van der Waals surface area (Å²) >= 11 is 12.1. The van der Waals surface area contributed by atoms with Crippen molar-refractivity contribution in [3.05, 3.63) is 69.7 Å². The smallest absolute Gasteiger partial charge is 0.347 e. The van der Waals surface area contributed by atoms with Crippen molar-refractivity contribution in [1.29, 1.82) is 0 Å². The maximum atomic E-state index is 12.2. The van der Waals surface area contributed by atoms with Crippen LogP contribution >= 0.6 is 23.2 Å². The summed E-state index contributed by atoms with van der Waals surface area (Å²) in [6.45, 7) is 0. The van der Waals surface area contributed by atoms with Crippen LogP contribution in [0.4, 0.5) is 0 Å². The van der Waals surface area contributed by atoms with Crippen molar-refractivity contribution in [3.8, 4) is 11.1 Å². The first-order chi connectivity index (χ1) is 11.0. The van der Waals surface area contributed by atoms with Crippen molar-refractivity contribution < 1.29 is 14.3 Å². The molecular formula is C18H8Cl2O3. The van der Waals surface area contributed by atoms with Crippen molar-refractivity contribution >= 4 is 45.9 Å². The van der Waals surface area contributed by atoms with Gasteiger partial charge in [-0.2, -0.15) is 0 Å². The average molecular weight is 343 g/mol. The first-order valence-electron chi connectivity index (χ1n) is 6.83. The van der Waals surface area contributed by atoms with E-state index in [2.05, 4.69) is 0 Å². The standard InChI is InChI=1S/C18H8Cl2O3/c19-11-4-1-9(2-5-11)15-13-8-12(20)6-3-10(13)7-14-16(15)18(22)23-17(14)21/h1-8H. The Labute approximate surface area is 141 Å². The molecule has 0 aliphatic carbocycles. The molecule has 0 bridgehead atoms. The molecule has 0 amide bonds. The van der Waals surface area contributed by atoms with Gasteiger partial charge in [-0.3, -0.25) is 0 Å². The summed E-state index contributed by atoms with van der Waals surface area (Å²) in [6.07, 6.45) is 0. The highest BCUT2D eigenvalue weighted by Gasteiger charge is 2.34. The van der Waals surface area contributed by atoms with E-state index in [1.807, 2.05) is 6.07 Å². The van der Waals surface area contributed by atoms with Crippen LogP contribution in [-0.4, -0.2) is 11.9 Å². The molecule has 0 saturated carbocycles. The summed E-state index contributed by atoms with van der Waals surface area (Å²) in [5, 5.41) is 2.72. The lowest BCUT2D eigenvalue weighted by atomic mass is 9.90. The number of benzene rings is 3. The molecule has 0 fully saturated rings. The van der Waals surface area contributed by atoms with E-state index < -0.39 is 11.9 Å². The van der Waals surface area contributed by atoms with Crippen molar-refractivity contribution in [2.75, 3.05) is 0 Å². The van der Waals surface area contributed by atoms with Crippen LogP contribution < -0.4 is 0 Å². The van der Waals surface area contributed by atoms with E-state index in [1.54, 1.807) is 42.5 Å². The van der Waals surface area contributed by atoms with Crippen molar-refractivity contribution in [2.24, 2.45) is 0 Å². The third-order valence-corrected chi connectivity index (χ3v) is 4.33. The fraction of sp³-hybridized carbons (Fsp3) is 0. The minimum atomic E-state index is -0.642. The van der Waals surface area contributed by atoms with Gasteiger partial charge in [0.1, 0.15) is 0 Å². The summed E-state index contributed by atoms with van der Waals surface area (Å²) in [5.41, 5.74) is 1.94. The Balaban J connectivity index is 2.17. The Morgan fingerprint density at radius 1 is 0.739 bits per heavy atom. The Morgan fingerprint density at radius 2 is 1.43 bits per heavy atom. The molecule has 0 aromatic heterocycles. The molecule has 4 rings (SSSR count). The number of halogens is 2. The van der Waals surface area contributed by atoms with Crippen LogP contribution in [0.25, 0.3) is 21.9 Å². The molecule has 112 valence electrons. The van der Waals surface area contributed by atoms with E-state index in [1.165, 1.54) is 0 Å². The predicted molar refractivity (Wildman–Crippen MR) is 89.1 cm³/mol. The van der Waals surface area contributed by atoms with E-state index in [-0.39, 0.29) is 11.1 Å². The van der Waals surface area contributed by atoms with E-state index in [0.29, 0.717) is 15.6 Å². The first kappa shape index (κ1) is 14.2.